The third-order valence-electron chi connectivity index (χ3n) is 7.60. The molecule has 0 saturated heterocycles. The van der Waals surface area contributed by atoms with Crippen molar-refractivity contribution in [2.24, 2.45) is 5.92 Å². The Kier molecular flexibility index (Phi) is 15.9. The lowest BCUT2D eigenvalue weighted by molar-refractivity contribution is 0.0447. The summed E-state index contributed by atoms with van der Waals surface area (Å²) in [6, 6.07) is 21.7. The van der Waals surface area contributed by atoms with E-state index >= 15 is 0 Å². The summed E-state index contributed by atoms with van der Waals surface area (Å²) < 4.78 is 16.8. The molecule has 0 aliphatic heterocycles. The molecule has 5 nitrogen and oxygen atoms in total. The molecule has 0 spiro atoms. The van der Waals surface area contributed by atoms with Gasteiger partial charge in [0, 0.05) is 5.33 Å². The second-order valence-electron chi connectivity index (χ2n) is 11.2. The van der Waals surface area contributed by atoms with Crippen LogP contribution in [0.15, 0.2) is 72.8 Å². The number of benzene rings is 3. The fourth-order valence-electron chi connectivity index (χ4n) is 4.59. The summed E-state index contributed by atoms with van der Waals surface area (Å²) in [5.41, 5.74) is 2.91. The predicted octanol–water partition coefficient (Wildman–Crippen LogP) is 10.5. The zero-order chi connectivity index (χ0) is 30.7. The molecule has 0 amide bonds. The summed E-state index contributed by atoms with van der Waals surface area (Å²) >= 11 is 3.49. The summed E-state index contributed by atoms with van der Waals surface area (Å²) in [5.74, 6) is 0.852. The van der Waals surface area contributed by atoms with Crippen LogP contribution >= 0.6 is 15.9 Å². The highest BCUT2D eigenvalue weighted by atomic mass is 79.9. The second kappa shape index (κ2) is 20.0. The average molecular weight is 652 g/mol. The largest absolute Gasteiger partial charge is 0.494 e. The Labute approximate surface area is 266 Å². The molecule has 0 aliphatic rings. The van der Waals surface area contributed by atoms with E-state index in [-0.39, 0.29) is 5.97 Å². The first-order chi connectivity index (χ1) is 21.0. The van der Waals surface area contributed by atoms with Gasteiger partial charge in [0.1, 0.15) is 11.5 Å². The number of unbranched alkanes of at least 4 members (excludes halogenated alkanes) is 9. The zero-order valence-electron chi connectivity index (χ0n) is 25.8. The van der Waals surface area contributed by atoms with E-state index in [9.17, 15) is 9.59 Å². The van der Waals surface area contributed by atoms with Gasteiger partial charge in [0.25, 0.3) is 0 Å². The van der Waals surface area contributed by atoms with Crippen molar-refractivity contribution >= 4 is 27.9 Å². The molecule has 0 aromatic heterocycles. The Morgan fingerprint density at radius 3 is 1.65 bits per heavy atom. The molecule has 1 unspecified atom stereocenters. The van der Waals surface area contributed by atoms with E-state index in [1.54, 1.807) is 36.4 Å². The molecule has 0 heterocycles. The molecule has 232 valence electrons. The molecule has 0 saturated carbocycles. The number of ether oxygens (including phenoxy) is 3. The van der Waals surface area contributed by atoms with Crippen LogP contribution in [-0.4, -0.2) is 30.5 Å². The van der Waals surface area contributed by atoms with Crippen molar-refractivity contribution in [3.05, 3.63) is 83.9 Å². The van der Waals surface area contributed by atoms with Gasteiger partial charge in [0.15, 0.2) is 0 Å². The van der Waals surface area contributed by atoms with Gasteiger partial charge in [-0.2, -0.15) is 0 Å². The van der Waals surface area contributed by atoms with Gasteiger partial charge in [0.2, 0.25) is 0 Å². The Morgan fingerprint density at radius 2 is 1.09 bits per heavy atom. The Morgan fingerprint density at radius 1 is 0.628 bits per heavy atom. The number of hydrogen-bond donors (Lipinski definition) is 0. The summed E-state index contributed by atoms with van der Waals surface area (Å²) in [4.78, 5) is 24.9. The van der Waals surface area contributed by atoms with Crippen LogP contribution in [0.2, 0.25) is 0 Å². The molecule has 0 bridgehead atoms. The van der Waals surface area contributed by atoms with E-state index in [1.807, 2.05) is 36.4 Å². The van der Waals surface area contributed by atoms with E-state index in [1.165, 1.54) is 57.8 Å². The van der Waals surface area contributed by atoms with Crippen molar-refractivity contribution in [3.63, 3.8) is 0 Å². The normalized spacial score (nSPS) is 11.6. The maximum atomic E-state index is 12.7. The minimum absolute atomic E-state index is 0.308. The van der Waals surface area contributed by atoms with E-state index in [2.05, 4.69) is 29.8 Å². The quantitative estimate of drug-likeness (QED) is 0.0527. The number of hydrogen-bond acceptors (Lipinski definition) is 5. The van der Waals surface area contributed by atoms with Crippen LogP contribution in [0, 0.1) is 5.92 Å². The van der Waals surface area contributed by atoms with Crippen LogP contribution in [-0.2, 0) is 4.74 Å². The van der Waals surface area contributed by atoms with Crippen molar-refractivity contribution in [2.45, 2.75) is 84.5 Å². The van der Waals surface area contributed by atoms with Crippen LogP contribution in [0.3, 0.4) is 0 Å². The molecule has 1 atom stereocenters. The molecule has 0 aliphatic carbocycles. The van der Waals surface area contributed by atoms with Crippen LogP contribution < -0.4 is 9.47 Å². The lowest BCUT2D eigenvalue weighted by Gasteiger charge is -2.10. The molecular weight excluding hydrogens is 604 g/mol. The van der Waals surface area contributed by atoms with Gasteiger partial charge >= 0.3 is 11.9 Å². The van der Waals surface area contributed by atoms with Crippen molar-refractivity contribution in [1.82, 2.24) is 0 Å². The molecular formula is C37H47BrO5. The smallest absolute Gasteiger partial charge is 0.343 e. The fraction of sp³-hybridized carbons (Fsp3) is 0.459. The number of esters is 2. The highest BCUT2D eigenvalue weighted by Crippen LogP contribution is 2.24. The minimum atomic E-state index is -0.414. The van der Waals surface area contributed by atoms with Crippen LogP contribution in [0.25, 0.3) is 11.1 Å². The highest BCUT2D eigenvalue weighted by molar-refractivity contribution is 9.09. The van der Waals surface area contributed by atoms with Gasteiger partial charge in [-0.3, -0.25) is 0 Å². The Balaban J connectivity index is 1.35. The monoisotopic (exact) mass is 650 g/mol. The first kappa shape index (κ1) is 34.4. The average Bonchev–Trinajstić information content (AvgIpc) is 3.04. The van der Waals surface area contributed by atoms with Gasteiger partial charge in [-0.25, -0.2) is 9.59 Å². The van der Waals surface area contributed by atoms with Gasteiger partial charge in [-0.1, -0.05) is 112 Å². The molecule has 3 aromatic rings. The molecule has 0 fully saturated rings. The van der Waals surface area contributed by atoms with Crippen molar-refractivity contribution < 1.29 is 23.8 Å². The number of rotatable bonds is 20. The maximum Gasteiger partial charge on any atom is 0.343 e. The van der Waals surface area contributed by atoms with E-state index < -0.39 is 5.97 Å². The van der Waals surface area contributed by atoms with Crippen LogP contribution in [0.4, 0.5) is 0 Å². The molecule has 3 aromatic carbocycles. The van der Waals surface area contributed by atoms with Gasteiger partial charge in [-0.05, 0) is 78.4 Å². The van der Waals surface area contributed by atoms with E-state index in [0.29, 0.717) is 36.0 Å². The summed E-state index contributed by atoms with van der Waals surface area (Å²) in [6.45, 7) is 5.25. The third-order valence-corrected chi connectivity index (χ3v) is 8.16. The molecule has 0 radical (unpaired) electrons. The number of carbonyl (C=O) groups excluding carboxylic acids is 2. The lowest BCUT2D eigenvalue weighted by Crippen LogP contribution is -2.11. The lowest BCUT2D eigenvalue weighted by atomic mass is 10.0. The minimum Gasteiger partial charge on any atom is -0.494 e. The van der Waals surface area contributed by atoms with Crippen molar-refractivity contribution in [2.75, 3.05) is 18.5 Å². The first-order valence-electron chi connectivity index (χ1n) is 15.9. The molecule has 43 heavy (non-hydrogen) atoms. The number of alkyl halides is 1. The first-order valence-corrected chi connectivity index (χ1v) is 17.0. The van der Waals surface area contributed by atoms with Gasteiger partial charge in [-0.15, -0.1) is 0 Å². The van der Waals surface area contributed by atoms with Crippen LogP contribution in [0.5, 0.6) is 11.5 Å². The van der Waals surface area contributed by atoms with Gasteiger partial charge in [0.05, 0.1) is 24.3 Å². The predicted molar refractivity (Wildman–Crippen MR) is 178 cm³/mol. The Hall–Kier alpha value is -3.12. The standard InChI is InChI=1S/C37H47BrO5/c1-3-29(2)28-42-36(39)32-16-14-30(15-17-32)31-18-24-35(25-19-31)43-37(40)33-20-22-34(23-21-33)41-27-13-11-9-7-5-4-6-8-10-12-26-38/h14-25,29H,3-13,26-28H2,1-2H3. The highest BCUT2D eigenvalue weighted by Gasteiger charge is 2.11. The van der Waals surface area contributed by atoms with Gasteiger partial charge < -0.3 is 14.2 Å². The fourth-order valence-corrected chi connectivity index (χ4v) is 4.98. The van der Waals surface area contributed by atoms with Crippen LogP contribution in [0.1, 0.15) is 105 Å². The second-order valence-corrected chi connectivity index (χ2v) is 12.0. The number of halogens is 1. The maximum absolute atomic E-state index is 12.7. The third kappa shape index (κ3) is 13.0. The summed E-state index contributed by atoms with van der Waals surface area (Å²) in [6.07, 6.45) is 13.8. The SMILES string of the molecule is CCC(C)COC(=O)c1ccc(-c2ccc(OC(=O)c3ccc(OCCCCCCCCCCCCBr)cc3)cc2)cc1. The summed E-state index contributed by atoms with van der Waals surface area (Å²) in [7, 11) is 0. The number of carbonyl (C=O) groups is 2. The molecule has 3 rings (SSSR count). The molecule has 6 heteroatoms. The van der Waals surface area contributed by atoms with E-state index in [0.717, 1.165) is 35.0 Å². The van der Waals surface area contributed by atoms with E-state index in [4.69, 9.17) is 14.2 Å². The zero-order valence-corrected chi connectivity index (χ0v) is 27.4. The summed E-state index contributed by atoms with van der Waals surface area (Å²) in [5, 5.41) is 1.13. The molecule has 0 N–H and O–H groups in total. The topological polar surface area (TPSA) is 61.8 Å². The van der Waals surface area contributed by atoms with Crippen molar-refractivity contribution in [1.29, 1.82) is 0 Å². The Bertz CT molecular complexity index is 1210. The van der Waals surface area contributed by atoms with Crippen molar-refractivity contribution in [3.8, 4) is 22.6 Å².